The minimum absolute atomic E-state index is 0.318. The standard InChI is InChI=1S/C25H16N4O/c26-12-19-5-4-18-10-24(19)30-14-15-2-1-3-16(8-15)21-11-20(13-27)29-23-7-6-17(25(18)28)9-22(21)23/h1-11,25H,14,28H2. The van der Waals surface area contributed by atoms with Crippen LogP contribution >= 0.6 is 0 Å². The molecule has 5 rings (SSSR count). The quantitative estimate of drug-likeness (QED) is 0.475. The highest BCUT2D eigenvalue weighted by atomic mass is 16.5. The number of rotatable bonds is 0. The summed E-state index contributed by atoms with van der Waals surface area (Å²) in [4.78, 5) is 4.47. The molecular formula is C25H16N4O. The molecule has 1 aromatic heterocycles. The first-order valence-corrected chi connectivity index (χ1v) is 9.53. The fourth-order valence-corrected chi connectivity index (χ4v) is 3.86. The van der Waals surface area contributed by atoms with E-state index in [4.69, 9.17) is 10.5 Å². The Morgan fingerprint density at radius 3 is 2.60 bits per heavy atom. The van der Waals surface area contributed by atoms with E-state index in [-0.39, 0.29) is 0 Å². The normalized spacial score (nSPS) is 14.6. The number of fused-ring (bicyclic) bond motifs is 6. The summed E-state index contributed by atoms with van der Waals surface area (Å²) >= 11 is 0. The molecule has 6 bridgehead atoms. The van der Waals surface area contributed by atoms with E-state index in [9.17, 15) is 10.5 Å². The smallest absolute Gasteiger partial charge is 0.141 e. The van der Waals surface area contributed by atoms with Gasteiger partial charge in [-0.05, 0) is 64.2 Å². The van der Waals surface area contributed by atoms with Gasteiger partial charge in [0.2, 0.25) is 0 Å². The Morgan fingerprint density at radius 1 is 0.933 bits per heavy atom. The van der Waals surface area contributed by atoms with Gasteiger partial charge in [-0.25, -0.2) is 4.98 Å². The number of aromatic nitrogens is 1. The lowest BCUT2D eigenvalue weighted by atomic mass is 9.93. The summed E-state index contributed by atoms with van der Waals surface area (Å²) in [7, 11) is 0. The Kier molecular flexibility index (Phi) is 4.17. The maximum atomic E-state index is 9.46. The van der Waals surface area contributed by atoms with Crippen LogP contribution in [0, 0.1) is 22.7 Å². The van der Waals surface area contributed by atoms with Crippen molar-refractivity contribution in [3.63, 3.8) is 0 Å². The van der Waals surface area contributed by atoms with Gasteiger partial charge in [-0.3, -0.25) is 0 Å². The molecule has 0 fully saturated rings. The summed E-state index contributed by atoms with van der Waals surface area (Å²) < 4.78 is 6.00. The van der Waals surface area contributed by atoms with Crippen LogP contribution in [-0.4, -0.2) is 4.98 Å². The highest BCUT2D eigenvalue weighted by Crippen LogP contribution is 2.34. The van der Waals surface area contributed by atoms with Crippen molar-refractivity contribution >= 4 is 10.9 Å². The van der Waals surface area contributed by atoms with E-state index >= 15 is 0 Å². The second-order valence-electron chi connectivity index (χ2n) is 7.28. The van der Waals surface area contributed by atoms with Crippen LogP contribution in [0.15, 0.2) is 66.7 Å². The molecule has 0 aliphatic carbocycles. The summed E-state index contributed by atoms with van der Waals surface area (Å²) in [6, 6.07) is 25.0. The number of nitrogens with two attached hydrogens (primary N) is 1. The number of nitriles is 2. The molecule has 142 valence electrons. The molecule has 0 amide bonds. The van der Waals surface area contributed by atoms with Crippen LogP contribution in [0.3, 0.4) is 0 Å². The molecule has 1 atom stereocenters. The minimum Gasteiger partial charge on any atom is -0.488 e. The van der Waals surface area contributed by atoms with E-state index in [1.165, 1.54) is 0 Å². The lowest BCUT2D eigenvalue weighted by Gasteiger charge is -2.16. The molecule has 0 radical (unpaired) electrons. The predicted octanol–water partition coefficient (Wildman–Crippen LogP) is 4.59. The van der Waals surface area contributed by atoms with Crippen LogP contribution in [0.2, 0.25) is 0 Å². The van der Waals surface area contributed by atoms with Crippen molar-refractivity contribution in [2.45, 2.75) is 12.6 Å². The summed E-state index contributed by atoms with van der Waals surface area (Å²) in [5.41, 5.74) is 12.8. The maximum absolute atomic E-state index is 9.46. The Balaban J connectivity index is 1.82. The molecule has 3 aromatic carbocycles. The van der Waals surface area contributed by atoms with Gasteiger partial charge in [0.05, 0.1) is 17.1 Å². The lowest BCUT2D eigenvalue weighted by molar-refractivity contribution is 0.305. The third kappa shape index (κ3) is 2.95. The molecular weight excluding hydrogens is 372 g/mol. The van der Waals surface area contributed by atoms with Crippen LogP contribution in [0.4, 0.5) is 0 Å². The molecule has 5 nitrogen and oxygen atoms in total. The summed E-state index contributed by atoms with van der Waals surface area (Å²) in [6.07, 6.45) is 0. The minimum atomic E-state index is -0.392. The second kappa shape index (κ2) is 7.00. The van der Waals surface area contributed by atoms with Gasteiger partial charge < -0.3 is 10.5 Å². The van der Waals surface area contributed by atoms with E-state index in [2.05, 4.69) is 17.1 Å². The third-order valence-electron chi connectivity index (χ3n) is 5.42. The monoisotopic (exact) mass is 388 g/mol. The van der Waals surface area contributed by atoms with Gasteiger partial charge in [-0.15, -0.1) is 0 Å². The van der Waals surface area contributed by atoms with Gasteiger partial charge in [0.1, 0.15) is 30.2 Å². The fourth-order valence-electron chi connectivity index (χ4n) is 3.86. The third-order valence-corrected chi connectivity index (χ3v) is 5.42. The zero-order valence-electron chi connectivity index (χ0n) is 16.0. The molecule has 5 heteroatoms. The van der Waals surface area contributed by atoms with E-state index in [0.717, 1.165) is 38.7 Å². The lowest BCUT2D eigenvalue weighted by Crippen LogP contribution is -2.12. The molecule has 1 aliphatic rings. The molecule has 30 heavy (non-hydrogen) atoms. The SMILES string of the molecule is N#Cc1cc2c3cc(ccc3n1)C(N)c1ccc(C#N)c(c1)OCc1cccc-2c1. The van der Waals surface area contributed by atoms with Crippen molar-refractivity contribution in [3.8, 4) is 29.0 Å². The van der Waals surface area contributed by atoms with Crippen LogP contribution < -0.4 is 10.5 Å². The molecule has 2 heterocycles. The molecule has 0 spiro atoms. The number of nitrogens with zero attached hydrogens (tertiary/aromatic N) is 3. The van der Waals surface area contributed by atoms with Crippen molar-refractivity contribution < 1.29 is 4.74 Å². The van der Waals surface area contributed by atoms with E-state index < -0.39 is 6.04 Å². The number of pyridine rings is 1. The number of hydrogen-bond donors (Lipinski definition) is 1. The zero-order chi connectivity index (χ0) is 20.7. The highest BCUT2D eigenvalue weighted by molar-refractivity contribution is 5.95. The van der Waals surface area contributed by atoms with Crippen molar-refractivity contribution in [2.24, 2.45) is 5.73 Å². The van der Waals surface area contributed by atoms with Gasteiger partial charge in [0.25, 0.3) is 0 Å². The van der Waals surface area contributed by atoms with Crippen molar-refractivity contribution in [1.29, 1.82) is 10.5 Å². The Hall–Kier alpha value is -4.19. The Labute approximate surface area is 173 Å². The first kappa shape index (κ1) is 17.9. The molecule has 2 N–H and O–H groups in total. The maximum Gasteiger partial charge on any atom is 0.141 e. The van der Waals surface area contributed by atoms with Crippen LogP contribution in [-0.2, 0) is 6.61 Å². The van der Waals surface area contributed by atoms with Gasteiger partial charge >= 0.3 is 0 Å². The average molecular weight is 388 g/mol. The molecule has 0 saturated carbocycles. The van der Waals surface area contributed by atoms with Crippen molar-refractivity contribution in [3.05, 3.63) is 94.7 Å². The molecule has 4 aromatic rings. The van der Waals surface area contributed by atoms with Gasteiger partial charge in [0, 0.05) is 5.39 Å². The largest absolute Gasteiger partial charge is 0.488 e. The van der Waals surface area contributed by atoms with Crippen LogP contribution in [0.5, 0.6) is 5.75 Å². The van der Waals surface area contributed by atoms with Crippen molar-refractivity contribution in [2.75, 3.05) is 0 Å². The average Bonchev–Trinajstić information content (AvgIpc) is 2.80. The van der Waals surface area contributed by atoms with E-state index in [1.54, 1.807) is 6.07 Å². The van der Waals surface area contributed by atoms with Crippen molar-refractivity contribution in [1.82, 2.24) is 4.98 Å². The zero-order valence-corrected chi connectivity index (χ0v) is 16.0. The topological polar surface area (TPSA) is 95.7 Å². The first-order valence-electron chi connectivity index (χ1n) is 9.53. The summed E-state index contributed by atoms with van der Waals surface area (Å²) in [5, 5.41) is 19.8. The molecule has 1 unspecified atom stereocenters. The number of benzene rings is 3. The van der Waals surface area contributed by atoms with Crippen LogP contribution in [0.1, 0.15) is 34.0 Å². The predicted molar refractivity (Wildman–Crippen MR) is 113 cm³/mol. The Morgan fingerprint density at radius 2 is 1.77 bits per heavy atom. The van der Waals surface area contributed by atoms with E-state index in [0.29, 0.717) is 23.6 Å². The van der Waals surface area contributed by atoms with Crippen LogP contribution in [0.25, 0.3) is 22.0 Å². The van der Waals surface area contributed by atoms with E-state index in [1.807, 2.05) is 60.7 Å². The molecule has 1 aliphatic heterocycles. The van der Waals surface area contributed by atoms with Gasteiger partial charge in [0.15, 0.2) is 0 Å². The fraction of sp³-hybridized carbons (Fsp3) is 0.0800. The number of hydrogen-bond acceptors (Lipinski definition) is 5. The second-order valence-corrected chi connectivity index (χ2v) is 7.28. The molecule has 0 saturated heterocycles. The summed E-state index contributed by atoms with van der Waals surface area (Å²) in [5.74, 6) is 0.516. The summed E-state index contributed by atoms with van der Waals surface area (Å²) in [6.45, 7) is 0.318. The van der Waals surface area contributed by atoms with Gasteiger partial charge in [-0.1, -0.05) is 30.3 Å². The number of ether oxygens (including phenoxy) is 1. The Bertz CT molecular complexity index is 1390. The highest BCUT2D eigenvalue weighted by Gasteiger charge is 2.17. The first-order chi connectivity index (χ1) is 14.7. The van der Waals surface area contributed by atoms with Gasteiger partial charge in [-0.2, -0.15) is 10.5 Å².